The molecule has 0 bridgehead atoms. The molecule has 7 heteroatoms. The third-order valence-electron chi connectivity index (χ3n) is 4.09. The fourth-order valence-corrected chi connectivity index (χ4v) is 2.86. The molecule has 0 saturated heterocycles. The summed E-state index contributed by atoms with van der Waals surface area (Å²) in [5, 5.41) is 4.19. The Balaban J connectivity index is 1.71. The Morgan fingerprint density at radius 3 is 2.77 bits per heavy atom. The quantitative estimate of drug-likeness (QED) is 0.513. The fourth-order valence-electron chi connectivity index (χ4n) is 2.86. The molecule has 1 aromatic carbocycles. The summed E-state index contributed by atoms with van der Waals surface area (Å²) in [6.45, 7) is 0.679. The molecule has 4 aromatic rings. The zero-order valence-electron chi connectivity index (χ0n) is 14.2. The Bertz CT molecular complexity index is 1040. The normalized spacial score (nSPS) is 10.8. The molecule has 0 spiro atoms. The van der Waals surface area contributed by atoms with E-state index in [9.17, 15) is 0 Å². The highest BCUT2D eigenvalue weighted by molar-refractivity contribution is 5.98. The largest absolute Gasteiger partial charge is 0.496 e. The van der Waals surface area contributed by atoms with Crippen LogP contribution >= 0.6 is 0 Å². The van der Waals surface area contributed by atoms with Crippen molar-refractivity contribution in [2.45, 2.75) is 6.54 Å². The number of aromatic nitrogens is 4. The van der Waals surface area contributed by atoms with Gasteiger partial charge < -0.3 is 20.8 Å². The van der Waals surface area contributed by atoms with Crippen LogP contribution in [0.2, 0.25) is 0 Å². The van der Waals surface area contributed by atoms with E-state index >= 15 is 0 Å². The van der Waals surface area contributed by atoms with Gasteiger partial charge in [0.15, 0.2) is 0 Å². The molecule has 26 heavy (non-hydrogen) atoms. The van der Waals surface area contributed by atoms with Gasteiger partial charge >= 0.3 is 0 Å². The summed E-state index contributed by atoms with van der Waals surface area (Å²) >= 11 is 0. The number of nitrogens with one attached hydrogen (secondary N) is 2. The monoisotopic (exact) mass is 346 g/mol. The van der Waals surface area contributed by atoms with Crippen molar-refractivity contribution in [3.8, 4) is 17.0 Å². The van der Waals surface area contributed by atoms with E-state index in [1.165, 1.54) is 5.56 Å². The van der Waals surface area contributed by atoms with Crippen LogP contribution in [-0.4, -0.2) is 27.0 Å². The predicted octanol–water partition coefficient (Wildman–Crippen LogP) is 3.22. The van der Waals surface area contributed by atoms with E-state index in [1.807, 2.05) is 30.5 Å². The number of H-pyrrole nitrogens is 1. The summed E-state index contributed by atoms with van der Waals surface area (Å²) in [4.78, 5) is 16.1. The SMILES string of the molecule is COc1cc(NCc2ccccc2)nc2[nH]cc(-c3ccnc(N)n3)c12. The maximum absolute atomic E-state index is 5.71. The van der Waals surface area contributed by atoms with Gasteiger partial charge in [0.1, 0.15) is 17.2 Å². The molecule has 0 aliphatic heterocycles. The lowest BCUT2D eigenvalue weighted by atomic mass is 10.1. The number of hydrogen-bond donors (Lipinski definition) is 3. The van der Waals surface area contributed by atoms with Crippen LogP contribution in [-0.2, 0) is 6.54 Å². The second-order valence-corrected chi connectivity index (χ2v) is 5.77. The Morgan fingerprint density at radius 1 is 1.15 bits per heavy atom. The van der Waals surface area contributed by atoms with Crippen LogP contribution in [0.4, 0.5) is 11.8 Å². The van der Waals surface area contributed by atoms with Crippen molar-refractivity contribution in [3.63, 3.8) is 0 Å². The van der Waals surface area contributed by atoms with Crippen LogP contribution < -0.4 is 15.8 Å². The maximum atomic E-state index is 5.71. The number of nitrogens with two attached hydrogens (primary N) is 1. The van der Waals surface area contributed by atoms with Crippen LogP contribution in [0.25, 0.3) is 22.3 Å². The zero-order valence-corrected chi connectivity index (χ0v) is 14.2. The minimum atomic E-state index is 0.227. The van der Waals surface area contributed by atoms with E-state index in [4.69, 9.17) is 10.5 Å². The van der Waals surface area contributed by atoms with Crippen molar-refractivity contribution in [2.75, 3.05) is 18.2 Å². The van der Waals surface area contributed by atoms with E-state index in [2.05, 4.69) is 37.4 Å². The number of anilines is 2. The fraction of sp³-hybridized carbons (Fsp3) is 0.105. The molecule has 130 valence electrons. The van der Waals surface area contributed by atoms with Crippen molar-refractivity contribution >= 4 is 22.8 Å². The Morgan fingerprint density at radius 2 is 2.00 bits per heavy atom. The molecule has 4 N–H and O–H groups in total. The highest BCUT2D eigenvalue weighted by Gasteiger charge is 2.15. The molecule has 0 aliphatic rings. The number of rotatable bonds is 5. The minimum Gasteiger partial charge on any atom is -0.496 e. The lowest BCUT2D eigenvalue weighted by Crippen LogP contribution is -2.02. The van der Waals surface area contributed by atoms with Gasteiger partial charge in [-0.1, -0.05) is 30.3 Å². The van der Waals surface area contributed by atoms with E-state index in [-0.39, 0.29) is 5.95 Å². The zero-order chi connectivity index (χ0) is 17.9. The average Bonchev–Trinajstić information content (AvgIpc) is 3.10. The van der Waals surface area contributed by atoms with Crippen LogP contribution in [0, 0.1) is 0 Å². The minimum absolute atomic E-state index is 0.227. The molecule has 0 radical (unpaired) electrons. The lowest BCUT2D eigenvalue weighted by Gasteiger charge is -2.10. The first-order valence-electron chi connectivity index (χ1n) is 8.17. The van der Waals surface area contributed by atoms with Crippen LogP contribution in [0.5, 0.6) is 5.75 Å². The summed E-state index contributed by atoms with van der Waals surface area (Å²) in [7, 11) is 1.64. The second-order valence-electron chi connectivity index (χ2n) is 5.77. The molecular weight excluding hydrogens is 328 g/mol. The summed E-state index contributed by atoms with van der Waals surface area (Å²) in [6, 6.07) is 13.8. The number of methoxy groups -OCH3 is 1. The number of benzene rings is 1. The van der Waals surface area contributed by atoms with Crippen LogP contribution in [0.15, 0.2) is 54.9 Å². The van der Waals surface area contributed by atoms with Crippen molar-refractivity contribution in [2.24, 2.45) is 0 Å². The lowest BCUT2D eigenvalue weighted by molar-refractivity contribution is 0.420. The Labute approximate surface area is 150 Å². The van der Waals surface area contributed by atoms with Gasteiger partial charge in [0.05, 0.1) is 18.2 Å². The van der Waals surface area contributed by atoms with E-state index in [1.54, 1.807) is 19.4 Å². The Kier molecular flexibility index (Phi) is 4.10. The number of fused-ring (bicyclic) bond motifs is 1. The molecule has 0 fully saturated rings. The number of nitrogens with zero attached hydrogens (tertiary/aromatic N) is 3. The highest BCUT2D eigenvalue weighted by atomic mass is 16.5. The standard InChI is InChI=1S/C19H18N6O/c1-26-15-9-16(22-10-12-5-3-2-4-6-12)25-18-17(15)13(11-23-18)14-7-8-21-19(20)24-14/h2-9,11H,10H2,1H3,(H2,20,21,24)(H2,22,23,25). The number of nitrogen functional groups attached to an aromatic ring is 1. The third kappa shape index (κ3) is 3.02. The van der Waals surface area contributed by atoms with E-state index in [0.29, 0.717) is 23.6 Å². The summed E-state index contributed by atoms with van der Waals surface area (Å²) in [5.41, 5.74) is 9.19. The predicted molar refractivity (Wildman–Crippen MR) is 102 cm³/mol. The summed E-state index contributed by atoms with van der Waals surface area (Å²) < 4.78 is 5.60. The smallest absolute Gasteiger partial charge is 0.220 e. The van der Waals surface area contributed by atoms with E-state index < -0.39 is 0 Å². The van der Waals surface area contributed by atoms with Gasteiger partial charge in [-0.25, -0.2) is 15.0 Å². The topological polar surface area (TPSA) is 102 Å². The number of aromatic amines is 1. The number of ether oxygens (including phenoxy) is 1. The third-order valence-corrected chi connectivity index (χ3v) is 4.09. The van der Waals surface area contributed by atoms with Gasteiger partial charge in [-0.3, -0.25) is 0 Å². The summed E-state index contributed by atoms with van der Waals surface area (Å²) in [5.74, 6) is 1.66. The molecule has 4 rings (SSSR count). The number of hydrogen-bond acceptors (Lipinski definition) is 6. The second kappa shape index (κ2) is 6.72. The summed E-state index contributed by atoms with van der Waals surface area (Å²) in [6.07, 6.45) is 3.48. The molecule has 3 aromatic heterocycles. The van der Waals surface area contributed by atoms with Crippen LogP contribution in [0.1, 0.15) is 5.56 Å². The maximum Gasteiger partial charge on any atom is 0.220 e. The van der Waals surface area contributed by atoms with Crippen LogP contribution in [0.3, 0.4) is 0 Å². The molecule has 0 unspecified atom stereocenters. The van der Waals surface area contributed by atoms with Crippen molar-refractivity contribution < 1.29 is 4.74 Å². The molecule has 7 nitrogen and oxygen atoms in total. The van der Waals surface area contributed by atoms with Gasteiger partial charge in [0, 0.05) is 30.6 Å². The average molecular weight is 346 g/mol. The first-order chi connectivity index (χ1) is 12.7. The van der Waals surface area contributed by atoms with Gasteiger partial charge in [-0.2, -0.15) is 0 Å². The van der Waals surface area contributed by atoms with Gasteiger partial charge in [0.2, 0.25) is 5.95 Å². The first-order valence-corrected chi connectivity index (χ1v) is 8.17. The molecular formula is C19H18N6O. The Hall–Kier alpha value is -3.61. The molecule has 0 atom stereocenters. The first kappa shape index (κ1) is 15.9. The number of pyridine rings is 1. The molecule has 0 aliphatic carbocycles. The molecule has 0 amide bonds. The van der Waals surface area contributed by atoms with Crippen molar-refractivity contribution in [3.05, 3.63) is 60.4 Å². The molecule has 0 saturated carbocycles. The van der Waals surface area contributed by atoms with Crippen molar-refractivity contribution in [1.29, 1.82) is 0 Å². The van der Waals surface area contributed by atoms with Gasteiger partial charge in [-0.15, -0.1) is 0 Å². The van der Waals surface area contributed by atoms with Gasteiger partial charge in [-0.05, 0) is 11.6 Å². The van der Waals surface area contributed by atoms with E-state index in [0.717, 1.165) is 16.8 Å². The van der Waals surface area contributed by atoms with Crippen molar-refractivity contribution in [1.82, 2.24) is 19.9 Å². The van der Waals surface area contributed by atoms with Gasteiger partial charge in [0.25, 0.3) is 0 Å². The molecule has 3 heterocycles. The highest BCUT2D eigenvalue weighted by Crippen LogP contribution is 2.35.